The van der Waals surface area contributed by atoms with Crippen LogP contribution in [0, 0.1) is 0 Å². The largest absolute Gasteiger partial charge is 0.508 e. The molecule has 0 aliphatic carbocycles. The third-order valence-corrected chi connectivity index (χ3v) is 1.75. The van der Waals surface area contributed by atoms with Crippen molar-refractivity contribution >= 4 is 17.7 Å². The summed E-state index contributed by atoms with van der Waals surface area (Å²) in [4.78, 5) is 21.9. The first-order valence-electron chi connectivity index (χ1n) is 4.54. The lowest BCUT2D eigenvalue weighted by atomic mass is 10.1. The fourth-order valence-electron chi connectivity index (χ4n) is 1.10. The third kappa shape index (κ3) is 2.88. The number of phenolic OH excluding ortho intramolecular Hbond substituents is 1. The molecule has 0 atom stereocenters. The number of phenols is 1. The minimum atomic E-state index is -1.25. The number of carboxylic acids is 1. The van der Waals surface area contributed by atoms with E-state index in [-0.39, 0.29) is 23.6 Å². The van der Waals surface area contributed by atoms with Crippen molar-refractivity contribution in [1.82, 2.24) is 0 Å². The summed E-state index contributed by atoms with van der Waals surface area (Å²) in [5.41, 5.74) is -0.128. The number of nitrogens with one attached hydrogen (secondary N) is 1. The van der Waals surface area contributed by atoms with Gasteiger partial charge in [-0.25, -0.2) is 9.59 Å². The predicted octanol–water partition coefficient (Wildman–Crippen LogP) is 1.66. The Morgan fingerprint density at radius 3 is 2.69 bits per heavy atom. The summed E-state index contributed by atoms with van der Waals surface area (Å²) in [7, 11) is 0. The number of rotatable bonds is 3. The summed E-state index contributed by atoms with van der Waals surface area (Å²) in [5.74, 6) is -1.44. The van der Waals surface area contributed by atoms with Gasteiger partial charge in [0.25, 0.3) is 0 Å². The molecule has 3 N–H and O–H groups in total. The van der Waals surface area contributed by atoms with Gasteiger partial charge in [0.15, 0.2) is 0 Å². The third-order valence-electron chi connectivity index (χ3n) is 1.75. The van der Waals surface area contributed by atoms with E-state index >= 15 is 0 Å². The Labute approximate surface area is 91.5 Å². The zero-order valence-electron chi connectivity index (χ0n) is 8.56. The molecule has 0 saturated heterocycles. The van der Waals surface area contributed by atoms with Crippen molar-refractivity contribution in [3.8, 4) is 5.75 Å². The molecule has 0 aliphatic heterocycles. The van der Waals surface area contributed by atoms with Crippen molar-refractivity contribution < 1.29 is 24.5 Å². The first kappa shape index (κ1) is 11.8. The molecule has 16 heavy (non-hydrogen) atoms. The number of hydrogen-bond donors (Lipinski definition) is 3. The van der Waals surface area contributed by atoms with Gasteiger partial charge in [-0.3, -0.25) is 5.32 Å². The summed E-state index contributed by atoms with van der Waals surface area (Å²) in [6.07, 6.45) is -0.740. The average molecular weight is 225 g/mol. The molecular weight excluding hydrogens is 214 g/mol. The van der Waals surface area contributed by atoms with Crippen LogP contribution in [0.4, 0.5) is 10.5 Å². The maximum absolute atomic E-state index is 11.1. The van der Waals surface area contributed by atoms with Gasteiger partial charge in [-0.05, 0) is 25.1 Å². The van der Waals surface area contributed by atoms with Crippen molar-refractivity contribution in [2.24, 2.45) is 0 Å². The Balaban J connectivity index is 2.95. The summed E-state index contributed by atoms with van der Waals surface area (Å²) >= 11 is 0. The van der Waals surface area contributed by atoms with Gasteiger partial charge in [-0.15, -0.1) is 0 Å². The number of aromatic hydroxyl groups is 1. The molecule has 0 saturated carbocycles. The molecule has 0 heterocycles. The Kier molecular flexibility index (Phi) is 3.71. The van der Waals surface area contributed by atoms with Crippen LogP contribution in [-0.4, -0.2) is 28.9 Å². The Hall–Kier alpha value is -2.24. The minimum absolute atomic E-state index is 0.0729. The number of carbonyl (C=O) groups is 2. The zero-order valence-corrected chi connectivity index (χ0v) is 8.56. The van der Waals surface area contributed by atoms with Gasteiger partial charge in [0, 0.05) is 0 Å². The summed E-state index contributed by atoms with van der Waals surface area (Å²) < 4.78 is 4.61. The van der Waals surface area contributed by atoms with Crippen molar-refractivity contribution in [3.05, 3.63) is 23.8 Å². The molecule has 0 fully saturated rings. The molecule has 0 spiro atoms. The van der Waals surface area contributed by atoms with Crippen molar-refractivity contribution in [1.29, 1.82) is 0 Å². The number of hydrogen-bond acceptors (Lipinski definition) is 4. The van der Waals surface area contributed by atoms with Gasteiger partial charge in [0.1, 0.15) is 5.75 Å². The van der Waals surface area contributed by atoms with Crippen molar-refractivity contribution in [2.75, 3.05) is 11.9 Å². The van der Waals surface area contributed by atoms with Gasteiger partial charge in [-0.2, -0.15) is 0 Å². The molecule has 0 aromatic heterocycles. The lowest BCUT2D eigenvalue weighted by Crippen LogP contribution is -2.15. The van der Waals surface area contributed by atoms with Crippen LogP contribution in [0.5, 0.6) is 5.75 Å². The number of anilines is 1. The number of ether oxygens (including phenoxy) is 1. The van der Waals surface area contributed by atoms with Crippen LogP contribution in [0.3, 0.4) is 0 Å². The van der Waals surface area contributed by atoms with Gasteiger partial charge < -0.3 is 14.9 Å². The van der Waals surface area contributed by atoms with Gasteiger partial charge in [0.05, 0.1) is 17.9 Å². The van der Waals surface area contributed by atoms with E-state index in [0.29, 0.717) is 0 Å². The molecule has 0 radical (unpaired) electrons. The van der Waals surface area contributed by atoms with Gasteiger partial charge in [0.2, 0.25) is 0 Å². The molecule has 6 nitrogen and oxygen atoms in total. The zero-order chi connectivity index (χ0) is 12.1. The molecule has 1 aromatic rings. The van der Waals surface area contributed by atoms with Crippen LogP contribution in [0.2, 0.25) is 0 Å². The molecule has 1 aromatic carbocycles. The van der Waals surface area contributed by atoms with E-state index in [4.69, 9.17) is 10.2 Å². The SMILES string of the molecule is CCOC(=O)Nc1ccc(O)cc1C(=O)O. The first-order valence-corrected chi connectivity index (χ1v) is 4.54. The number of aromatic carboxylic acids is 1. The molecule has 86 valence electrons. The number of carboxylic acid groups (broad SMARTS) is 1. The van der Waals surface area contributed by atoms with Crippen LogP contribution >= 0.6 is 0 Å². The second kappa shape index (κ2) is 5.01. The van der Waals surface area contributed by atoms with E-state index in [0.717, 1.165) is 6.07 Å². The second-order valence-electron chi connectivity index (χ2n) is 2.88. The minimum Gasteiger partial charge on any atom is -0.508 e. The molecule has 0 aliphatic rings. The number of benzene rings is 1. The maximum Gasteiger partial charge on any atom is 0.411 e. The lowest BCUT2D eigenvalue weighted by molar-refractivity contribution is 0.0697. The van der Waals surface area contributed by atoms with Crippen LogP contribution in [0.1, 0.15) is 17.3 Å². The highest BCUT2D eigenvalue weighted by atomic mass is 16.5. The summed E-state index contributed by atoms with van der Waals surface area (Å²) in [6, 6.07) is 3.60. The average Bonchev–Trinajstić information content (AvgIpc) is 2.20. The standard InChI is InChI=1S/C10H11NO5/c1-2-16-10(15)11-8-4-3-6(12)5-7(8)9(13)14/h3-5,12H,2H2,1H3,(H,11,15)(H,13,14). The van der Waals surface area contributed by atoms with Crippen molar-refractivity contribution in [3.63, 3.8) is 0 Å². The topological polar surface area (TPSA) is 95.9 Å². The smallest absolute Gasteiger partial charge is 0.411 e. The highest BCUT2D eigenvalue weighted by Gasteiger charge is 2.13. The molecule has 0 unspecified atom stereocenters. The number of amides is 1. The van der Waals surface area contributed by atoms with Crippen LogP contribution in [-0.2, 0) is 4.74 Å². The maximum atomic E-state index is 11.1. The van der Waals surface area contributed by atoms with E-state index in [2.05, 4.69) is 10.1 Å². The van der Waals surface area contributed by atoms with E-state index in [9.17, 15) is 9.59 Å². The fraction of sp³-hybridized carbons (Fsp3) is 0.200. The molecular formula is C10H11NO5. The first-order chi connectivity index (χ1) is 7.54. The summed E-state index contributed by atoms with van der Waals surface area (Å²) in [5, 5.41) is 20.2. The molecule has 6 heteroatoms. The van der Waals surface area contributed by atoms with Crippen LogP contribution in [0.15, 0.2) is 18.2 Å². The predicted molar refractivity (Wildman–Crippen MR) is 55.7 cm³/mol. The highest BCUT2D eigenvalue weighted by molar-refractivity contribution is 5.99. The molecule has 1 rings (SSSR count). The number of carbonyl (C=O) groups excluding carboxylic acids is 1. The summed E-state index contributed by atoms with van der Waals surface area (Å²) in [6.45, 7) is 1.82. The van der Waals surface area contributed by atoms with Crippen LogP contribution < -0.4 is 5.32 Å². The molecule has 1 amide bonds. The van der Waals surface area contributed by atoms with Crippen LogP contribution in [0.25, 0.3) is 0 Å². The Morgan fingerprint density at radius 2 is 2.12 bits per heavy atom. The highest BCUT2D eigenvalue weighted by Crippen LogP contribution is 2.21. The monoisotopic (exact) mass is 225 g/mol. The Bertz CT molecular complexity index is 416. The molecule has 0 bridgehead atoms. The quantitative estimate of drug-likeness (QED) is 0.680. The fourth-order valence-corrected chi connectivity index (χ4v) is 1.10. The Morgan fingerprint density at radius 1 is 1.44 bits per heavy atom. The second-order valence-corrected chi connectivity index (χ2v) is 2.88. The van der Waals surface area contributed by atoms with E-state index in [1.54, 1.807) is 6.92 Å². The van der Waals surface area contributed by atoms with Crippen molar-refractivity contribution in [2.45, 2.75) is 6.92 Å². The van der Waals surface area contributed by atoms with E-state index in [1.807, 2.05) is 0 Å². The van der Waals surface area contributed by atoms with Gasteiger partial charge >= 0.3 is 12.1 Å². The van der Waals surface area contributed by atoms with Gasteiger partial charge in [-0.1, -0.05) is 0 Å². The van der Waals surface area contributed by atoms with E-state index in [1.165, 1.54) is 12.1 Å². The lowest BCUT2D eigenvalue weighted by Gasteiger charge is -2.08. The van der Waals surface area contributed by atoms with E-state index < -0.39 is 12.1 Å². The normalized spacial score (nSPS) is 9.56.